The van der Waals surface area contributed by atoms with Crippen LogP contribution in [0.5, 0.6) is 11.5 Å². The fraction of sp³-hybridized carbons (Fsp3) is 0.0833. The van der Waals surface area contributed by atoms with Gasteiger partial charge in [0.05, 0.1) is 0 Å². The molecule has 0 fully saturated rings. The molecule has 252 valence electrons. The lowest BCUT2D eigenvalue weighted by molar-refractivity contribution is 0.0817. The molecule has 53 heavy (non-hydrogen) atoms. The second-order valence-corrected chi connectivity index (χ2v) is 13.1. The van der Waals surface area contributed by atoms with Gasteiger partial charge >= 0.3 is 0 Å². The van der Waals surface area contributed by atoms with Gasteiger partial charge in [0.15, 0.2) is 0 Å². The summed E-state index contributed by atoms with van der Waals surface area (Å²) in [5, 5.41) is 0. The molecular formula is C48H30O5. The van der Waals surface area contributed by atoms with Crippen LogP contribution in [0.3, 0.4) is 0 Å². The van der Waals surface area contributed by atoms with Gasteiger partial charge in [-0.3, -0.25) is 19.2 Å². The molecule has 0 saturated carbocycles. The molecule has 0 unspecified atom stereocenters. The van der Waals surface area contributed by atoms with Gasteiger partial charge in [0.25, 0.3) is 0 Å². The summed E-state index contributed by atoms with van der Waals surface area (Å²) in [6.07, 6.45) is 4.45. The highest BCUT2D eigenvalue weighted by atomic mass is 16.5. The van der Waals surface area contributed by atoms with Crippen molar-refractivity contribution in [1.82, 2.24) is 0 Å². The molecule has 0 aliphatic heterocycles. The zero-order valence-electron chi connectivity index (χ0n) is 28.6. The number of Topliss-reactive ketones (excluding diaryl/α,β-unsaturated/α-hetero) is 4. The van der Waals surface area contributed by atoms with Gasteiger partial charge in [-0.25, -0.2) is 0 Å². The van der Waals surface area contributed by atoms with E-state index in [4.69, 9.17) is 4.74 Å². The van der Waals surface area contributed by atoms with Crippen molar-refractivity contribution in [1.29, 1.82) is 0 Å². The first-order valence-corrected chi connectivity index (χ1v) is 17.4. The van der Waals surface area contributed by atoms with Crippen molar-refractivity contribution in [2.75, 3.05) is 0 Å². The van der Waals surface area contributed by atoms with E-state index in [9.17, 15) is 19.2 Å². The van der Waals surface area contributed by atoms with E-state index in [0.717, 1.165) is 47.9 Å². The van der Waals surface area contributed by atoms with E-state index in [1.165, 1.54) is 46.5 Å². The van der Waals surface area contributed by atoms with Crippen LogP contribution in [-0.2, 0) is 25.7 Å². The van der Waals surface area contributed by atoms with Crippen molar-refractivity contribution in [2.24, 2.45) is 0 Å². The van der Waals surface area contributed by atoms with Crippen LogP contribution in [0, 0.1) is 23.7 Å². The van der Waals surface area contributed by atoms with Crippen LogP contribution in [-0.4, -0.2) is 23.1 Å². The van der Waals surface area contributed by atoms with Crippen molar-refractivity contribution in [3.05, 3.63) is 200 Å². The van der Waals surface area contributed by atoms with Crippen molar-refractivity contribution >= 4 is 23.1 Å². The summed E-state index contributed by atoms with van der Waals surface area (Å²) in [5.74, 6) is 11.0. The van der Waals surface area contributed by atoms with Gasteiger partial charge in [0.2, 0.25) is 23.1 Å². The maximum Gasteiger partial charge on any atom is 0.233 e. The monoisotopic (exact) mass is 686 g/mol. The zero-order chi connectivity index (χ0) is 36.3. The smallest absolute Gasteiger partial charge is 0.233 e. The number of ether oxygens (including phenoxy) is 1. The third-order valence-corrected chi connectivity index (χ3v) is 9.62. The van der Waals surface area contributed by atoms with Gasteiger partial charge in [0.1, 0.15) is 11.5 Å². The molecule has 5 nitrogen and oxygen atoms in total. The highest BCUT2D eigenvalue weighted by Crippen LogP contribution is 2.26. The van der Waals surface area contributed by atoms with Gasteiger partial charge in [-0.1, -0.05) is 35.8 Å². The van der Waals surface area contributed by atoms with E-state index in [1.807, 2.05) is 12.1 Å². The first-order valence-electron chi connectivity index (χ1n) is 17.4. The summed E-state index contributed by atoms with van der Waals surface area (Å²) in [6, 6.07) is 38.4. The number of ketones is 4. The van der Waals surface area contributed by atoms with Gasteiger partial charge in [-0.2, -0.15) is 0 Å². The molecule has 0 spiro atoms. The summed E-state index contributed by atoms with van der Waals surface area (Å²) < 4.78 is 5.89. The molecular weight excluding hydrogens is 657 g/mol. The second-order valence-electron chi connectivity index (χ2n) is 13.1. The topological polar surface area (TPSA) is 77.5 Å². The Kier molecular flexibility index (Phi) is 8.91. The predicted molar refractivity (Wildman–Crippen MR) is 203 cm³/mol. The second kappa shape index (κ2) is 14.3. The summed E-state index contributed by atoms with van der Waals surface area (Å²) in [7, 11) is 0. The van der Waals surface area contributed by atoms with Gasteiger partial charge in [0, 0.05) is 44.5 Å². The highest BCUT2D eigenvalue weighted by Gasteiger charge is 2.20. The number of carbonyl (C=O) groups is 4. The van der Waals surface area contributed by atoms with Gasteiger partial charge in [-0.05, 0) is 169 Å². The van der Waals surface area contributed by atoms with Crippen molar-refractivity contribution in [2.45, 2.75) is 25.7 Å². The van der Waals surface area contributed by atoms with Crippen molar-refractivity contribution < 1.29 is 23.9 Å². The summed E-state index contributed by atoms with van der Waals surface area (Å²) >= 11 is 0. The zero-order valence-corrected chi connectivity index (χ0v) is 28.6. The van der Waals surface area contributed by atoms with Crippen molar-refractivity contribution in [3.63, 3.8) is 0 Å². The summed E-state index contributed by atoms with van der Waals surface area (Å²) in [5.41, 5.74) is 9.93. The number of hydrogen-bond donors (Lipinski definition) is 0. The average molecular weight is 687 g/mol. The van der Waals surface area contributed by atoms with Crippen molar-refractivity contribution in [3.8, 4) is 35.2 Å². The van der Waals surface area contributed by atoms with E-state index in [-0.39, 0.29) is 22.3 Å². The van der Waals surface area contributed by atoms with E-state index >= 15 is 0 Å². The first kappa shape index (κ1) is 33.1. The molecule has 0 bridgehead atoms. The van der Waals surface area contributed by atoms with Crippen LogP contribution in [0.25, 0.3) is 0 Å². The molecule has 0 saturated heterocycles. The van der Waals surface area contributed by atoms with E-state index in [2.05, 4.69) is 47.9 Å². The van der Waals surface area contributed by atoms with E-state index in [1.54, 1.807) is 72.8 Å². The van der Waals surface area contributed by atoms with E-state index < -0.39 is 23.1 Å². The van der Waals surface area contributed by atoms with Crippen LogP contribution in [0.4, 0.5) is 0 Å². The molecule has 0 radical (unpaired) electrons. The molecule has 0 N–H and O–H groups in total. The van der Waals surface area contributed by atoms with Crippen LogP contribution in [0.2, 0.25) is 0 Å². The average Bonchev–Trinajstić information content (AvgIpc) is 3.18. The summed E-state index contributed by atoms with van der Waals surface area (Å²) in [6.45, 7) is 0. The minimum absolute atomic E-state index is 0.232. The maximum absolute atomic E-state index is 13.0. The first-order chi connectivity index (χ1) is 25.9. The molecule has 0 amide bonds. The molecule has 0 aromatic heterocycles. The van der Waals surface area contributed by atoms with Crippen LogP contribution < -0.4 is 4.74 Å². The number of carbonyl (C=O) groups excluding carboxylic acids is 4. The number of aryl methyl sites for hydroxylation is 4. The third kappa shape index (κ3) is 7.24. The number of rotatable bonds is 8. The normalized spacial score (nSPS) is 11.8. The Bertz CT molecular complexity index is 2390. The third-order valence-electron chi connectivity index (χ3n) is 9.62. The lowest BCUT2D eigenvalue weighted by Gasteiger charge is -2.17. The SMILES string of the molecule is O=C(C(=O)c1ccc(Oc2ccc(C(=O)C(=O)c3ccc(C#Cc4ccc5c(c4)CC5)cc3)cc2)cc1)c1ccc(C#Cc2ccc3c(c2)CC3)cc1. The quantitative estimate of drug-likeness (QED) is 0.0911. The minimum Gasteiger partial charge on any atom is -0.457 e. The van der Waals surface area contributed by atoms with Crippen LogP contribution >= 0.6 is 0 Å². The predicted octanol–water partition coefficient (Wildman–Crippen LogP) is 8.61. The largest absolute Gasteiger partial charge is 0.457 e. The number of fused-ring (bicyclic) bond motifs is 2. The van der Waals surface area contributed by atoms with Crippen LogP contribution in [0.15, 0.2) is 133 Å². The fourth-order valence-electron chi connectivity index (χ4n) is 6.25. The molecule has 5 heteroatoms. The Hall–Kier alpha value is -7.08. The Labute approximate surface area is 307 Å². The Balaban J connectivity index is 0.846. The molecule has 0 heterocycles. The summed E-state index contributed by atoms with van der Waals surface area (Å²) in [4.78, 5) is 51.8. The van der Waals surface area contributed by atoms with Crippen LogP contribution in [0.1, 0.15) is 85.9 Å². The lowest BCUT2D eigenvalue weighted by atomic mass is 9.87. The fourth-order valence-corrected chi connectivity index (χ4v) is 6.25. The van der Waals surface area contributed by atoms with Gasteiger partial charge < -0.3 is 4.74 Å². The minimum atomic E-state index is -0.632. The molecule has 6 aromatic rings. The van der Waals surface area contributed by atoms with Gasteiger partial charge in [-0.15, -0.1) is 0 Å². The highest BCUT2D eigenvalue weighted by molar-refractivity contribution is 6.49. The molecule has 2 aliphatic carbocycles. The van der Waals surface area contributed by atoms with E-state index in [0.29, 0.717) is 11.5 Å². The Morgan fingerprint density at radius 2 is 0.623 bits per heavy atom. The Morgan fingerprint density at radius 1 is 0.340 bits per heavy atom. The molecule has 0 atom stereocenters. The molecule has 6 aromatic carbocycles. The standard InChI is InChI=1S/C48H30O5/c49-45(37-13-5-31(6-14-37)1-3-33-9-11-35-17-19-41(35)29-33)47(51)39-21-25-43(26-22-39)53-44-27-23-40(24-28-44)48(52)46(50)38-15-7-32(8-16-38)2-4-34-10-12-36-18-20-42(36)30-34/h5-16,21-30H,17-20H2. The Morgan fingerprint density at radius 3 is 0.925 bits per heavy atom. The lowest BCUT2D eigenvalue weighted by Crippen LogP contribution is -2.14. The maximum atomic E-state index is 13.0. The number of hydrogen-bond acceptors (Lipinski definition) is 5. The molecule has 2 aliphatic rings. The number of benzene rings is 6. The molecule has 8 rings (SSSR count).